The van der Waals surface area contributed by atoms with Crippen LogP contribution < -0.4 is 5.32 Å². The van der Waals surface area contributed by atoms with Crippen molar-refractivity contribution in [3.63, 3.8) is 0 Å². The normalized spacial score (nSPS) is 18.8. The third-order valence-corrected chi connectivity index (χ3v) is 3.44. The molecule has 1 fully saturated rings. The zero-order valence-corrected chi connectivity index (χ0v) is 10.6. The van der Waals surface area contributed by atoms with Gasteiger partial charge in [-0.1, -0.05) is 0 Å². The van der Waals surface area contributed by atoms with Gasteiger partial charge in [-0.3, -0.25) is 0 Å². The van der Waals surface area contributed by atoms with Crippen molar-refractivity contribution in [3.8, 4) is 0 Å². The van der Waals surface area contributed by atoms with Crippen LogP contribution in [-0.2, 0) is 4.74 Å². The molecule has 1 aromatic carbocycles. The van der Waals surface area contributed by atoms with Crippen LogP contribution in [0.15, 0.2) is 18.2 Å². The monoisotopic (exact) mass is 255 g/mol. The summed E-state index contributed by atoms with van der Waals surface area (Å²) in [6, 6.07) is 3.61. The Hall–Kier alpha value is -1.00. The summed E-state index contributed by atoms with van der Waals surface area (Å²) >= 11 is 0. The van der Waals surface area contributed by atoms with Crippen LogP contribution in [0.2, 0.25) is 0 Å². The molecule has 1 aliphatic rings. The minimum Gasteiger partial charge on any atom is -0.381 e. The Morgan fingerprint density at radius 1 is 1.22 bits per heavy atom. The van der Waals surface area contributed by atoms with Gasteiger partial charge in [0.15, 0.2) is 0 Å². The predicted molar refractivity (Wildman–Crippen MR) is 66.3 cm³/mol. The highest BCUT2D eigenvalue weighted by Crippen LogP contribution is 2.18. The molecule has 1 saturated heterocycles. The zero-order chi connectivity index (χ0) is 13.0. The lowest BCUT2D eigenvalue weighted by atomic mass is 9.99. The van der Waals surface area contributed by atoms with Crippen molar-refractivity contribution in [2.75, 3.05) is 19.8 Å². The minimum atomic E-state index is -0.523. The van der Waals surface area contributed by atoms with Gasteiger partial charge in [0.1, 0.15) is 11.6 Å². The van der Waals surface area contributed by atoms with Crippen molar-refractivity contribution in [1.29, 1.82) is 0 Å². The maximum absolute atomic E-state index is 13.1. The van der Waals surface area contributed by atoms with Crippen molar-refractivity contribution in [1.82, 2.24) is 5.32 Å². The average molecular weight is 255 g/mol. The zero-order valence-electron chi connectivity index (χ0n) is 10.6. The highest BCUT2D eigenvalue weighted by molar-refractivity contribution is 5.20. The molecule has 1 aliphatic heterocycles. The first-order valence-electron chi connectivity index (χ1n) is 6.42. The minimum absolute atomic E-state index is 0.0435. The predicted octanol–water partition coefficient (Wildman–Crippen LogP) is 3.04. The van der Waals surface area contributed by atoms with Gasteiger partial charge < -0.3 is 10.1 Å². The highest BCUT2D eigenvalue weighted by atomic mass is 19.1. The van der Waals surface area contributed by atoms with E-state index in [0.717, 1.165) is 38.7 Å². The van der Waals surface area contributed by atoms with Crippen LogP contribution in [0.25, 0.3) is 0 Å². The summed E-state index contributed by atoms with van der Waals surface area (Å²) in [5, 5.41) is 3.33. The van der Waals surface area contributed by atoms with Crippen LogP contribution in [0.4, 0.5) is 8.78 Å². The van der Waals surface area contributed by atoms with Crippen molar-refractivity contribution in [2.24, 2.45) is 5.92 Å². The first-order valence-corrected chi connectivity index (χ1v) is 6.42. The van der Waals surface area contributed by atoms with E-state index in [9.17, 15) is 8.78 Å². The maximum Gasteiger partial charge on any atom is 0.126 e. The third-order valence-electron chi connectivity index (χ3n) is 3.44. The van der Waals surface area contributed by atoms with Crippen LogP contribution in [0, 0.1) is 17.6 Å². The van der Waals surface area contributed by atoms with E-state index in [4.69, 9.17) is 4.74 Å². The van der Waals surface area contributed by atoms with Gasteiger partial charge in [0.05, 0.1) is 0 Å². The summed E-state index contributed by atoms with van der Waals surface area (Å²) < 4.78 is 31.5. The van der Waals surface area contributed by atoms with Crippen LogP contribution >= 0.6 is 0 Å². The molecule has 0 amide bonds. The summed E-state index contributed by atoms with van der Waals surface area (Å²) in [7, 11) is 0. The van der Waals surface area contributed by atoms with E-state index in [0.29, 0.717) is 11.5 Å². The van der Waals surface area contributed by atoms with Gasteiger partial charge in [0.2, 0.25) is 0 Å². The Balaban J connectivity index is 1.88. The number of hydrogen-bond donors (Lipinski definition) is 1. The first kappa shape index (κ1) is 13.4. The molecular weight excluding hydrogens is 236 g/mol. The molecule has 0 aromatic heterocycles. The second-order valence-electron chi connectivity index (χ2n) is 4.89. The molecule has 0 radical (unpaired) electrons. The van der Waals surface area contributed by atoms with E-state index >= 15 is 0 Å². The lowest BCUT2D eigenvalue weighted by molar-refractivity contribution is 0.0656. The highest BCUT2D eigenvalue weighted by Gasteiger charge is 2.15. The molecule has 4 heteroatoms. The molecule has 0 aliphatic carbocycles. The molecule has 0 saturated carbocycles. The molecule has 1 heterocycles. The molecule has 1 atom stereocenters. The van der Waals surface area contributed by atoms with Gasteiger partial charge in [-0.25, -0.2) is 8.78 Å². The number of benzene rings is 1. The number of nitrogens with one attached hydrogen (secondary N) is 1. The van der Waals surface area contributed by atoms with Crippen LogP contribution in [0.3, 0.4) is 0 Å². The van der Waals surface area contributed by atoms with Gasteiger partial charge in [-0.15, -0.1) is 0 Å². The van der Waals surface area contributed by atoms with Crippen molar-refractivity contribution >= 4 is 0 Å². The fraction of sp³-hybridized carbons (Fsp3) is 0.571. The van der Waals surface area contributed by atoms with Crippen molar-refractivity contribution in [3.05, 3.63) is 35.4 Å². The van der Waals surface area contributed by atoms with E-state index in [1.807, 2.05) is 6.92 Å². The second-order valence-corrected chi connectivity index (χ2v) is 4.89. The number of halogens is 2. The lowest BCUT2D eigenvalue weighted by Gasteiger charge is -2.24. The Kier molecular flexibility index (Phi) is 4.66. The molecular formula is C14H19F2NO. The van der Waals surface area contributed by atoms with E-state index in [1.165, 1.54) is 12.1 Å². The fourth-order valence-electron chi connectivity index (χ4n) is 2.24. The second kappa shape index (κ2) is 6.25. The van der Waals surface area contributed by atoms with E-state index < -0.39 is 11.6 Å². The quantitative estimate of drug-likeness (QED) is 0.893. The SMILES string of the molecule is CC(NCC1CCOCC1)c1cc(F)cc(F)c1. The summed E-state index contributed by atoms with van der Waals surface area (Å²) in [5.41, 5.74) is 0.652. The molecule has 0 bridgehead atoms. The van der Waals surface area contributed by atoms with Crippen LogP contribution in [0.1, 0.15) is 31.4 Å². The van der Waals surface area contributed by atoms with E-state index in [1.54, 1.807) is 0 Å². The van der Waals surface area contributed by atoms with Crippen molar-refractivity contribution < 1.29 is 13.5 Å². The largest absolute Gasteiger partial charge is 0.381 e. The van der Waals surface area contributed by atoms with Gasteiger partial charge in [-0.2, -0.15) is 0 Å². The molecule has 1 aromatic rings. The lowest BCUT2D eigenvalue weighted by Crippen LogP contribution is -2.29. The summed E-state index contributed by atoms with van der Waals surface area (Å²) in [4.78, 5) is 0. The maximum atomic E-state index is 13.1. The van der Waals surface area contributed by atoms with E-state index in [-0.39, 0.29) is 6.04 Å². The Labute approximate surface area is 106 Å². The molecule has 2 rings (SSSR count). The topological polar surface area (TPSA) is 21.3 Å². The number of hydrogen-bond acceptors (Lipinski definition) is 2. The Morgan fingerprint density at radius 3 is 2.44 bits per heavy atom. The molecule has 1 N–H and O–H groups in total. The Morgan fingerprint density at radius 2 is 1.83 bits per heavy atom. The summed E-state index contributed by atoms with van der Waals surface area (Å²) in [5.74, 6) is -0.450. The Bertz CT molecular complexity index is 371. The van der Waals surface area contributed by atoms with Gasteiger partial charge in [0.25, 0.3) is 0 Å². The van der Waals surface area contributed by atoms with Crippen LogP contribution in [0.5, 0.6) is 0 Å². The first-order chi connectivity index (χ1) is 8.65. The molecule has 100 valence electrons. The van der Waals surface area contributed by atoms with Crippen molar-refractivity contribution in [2.45, 2.75) is 25.8 Å². The van der Waals surface area contributed by atoms with Crippen LogP contribution in [-0.4, -0.2) is 19.8 Å². The molecule has 18 heavy (non-hydrogen) atoms. The molecule has 0 spiro atoms. The summed E-state index contributed by atoms with van der Waals surface area (Å²) in [6.07, 6.45) is 2.11. The molecule has 2 nitrogen and oxygen atoms in total. The fourth-order valence-corrected chi connectivity index (χ4v) is 2.24. The van der Waals surface area contributed by atoms with Gasteiger partial charge >= 0.3 is 0 Å². The van der Waals surface area contributed by atoms with Gasteiger partial charge in [-0.05, 0) is 49.9 Å². The standard InChI is InChI=1S/C14H19F2NO/c1-10(12-6-13(15)8-14(16)7-12)17-9-11-2-4-18-5-3-11/h6-8,10-11,17H,2-5,9H2,1H3. The average Bonchev–Trinajstić information content (AvgIpc) is 2.36. The number of rotatable bonds is 4. The van der Waals surface area contributed by atoms with E-state index in [2.05, 4.69) is 5.32 Å². The smallest absolute Gasteiger partial charge is 0.126 e. The van der Waals surface area contributed by atoms with Gasteiger partial charge in [0, 0.05) is 25.3 Å². The molecule has 1 unspecified atom stereocenters. The third kappa shape index (κ3) is 3.75. The number of ether oxygens (including phenoxy) is 1. The summed E-state index contributed by atoms with van der Waals surface area (Å²) in [6.45, 7) is 4.42.